The molecule has 0 atom stereocenters. The number of amidine groups is 1. The van der Waals surface area contributed by atoms with Crippen molar-refractivity contribution >= 4 is 28.3 Å². The third-order valence-corrected chi connectivity index (χ3v) is 5.09. The van der Waals surface area contributed by atoms with Gasteiger partial charge in [0.15, 0.2) is 5.17 Å². The maximum Gasteiger partial charge on any atom is 0.269 e. The Hall–Kier alpha value is -1.56. The van der Waals surface area contributed by atoms with Crippen LogP contribution in [0.3, 0.4) is 0 Å². The SMILES string of the molecule is Cc1cc([N+](=O)[O-])ccc1/N=C1\SCC(C)(C)N1CC(C)C. The van der Waals surface area contributed by atoms with Crippen LogP contribution in [0.4, 0.5) is 11.4 Å². The molecule has 1 saturated heterocycles. The van der Waals surface area contributed by atoms with E-state index in [0.717, 1.165) is 28.7 Å². The third-order valence-electron chi connectivity index (χ3n) is 3.67. The lowest BCUT2D eigenvalue weighted by Crippen LogP contribution is -2.44. The molecule has 0 aromatic heterocycles. The Balaban J connectivity index is 2.33. The first-order valence-electron chi connectivity index (χ1n) is 7.45. The van der Waals surface area contributed by atoms with Crippen LogP contribution in [0.15, 0.2) is 23.2 Å². The fraction of sp³-hybridized carbons (Fsp3) is 0.562. The van der Waals surface area contributed by atoms with Gasteiger partial charge in [-0.2, -0.15) is 0 Å². The van der Waals surface area contributed by atoms with Gasteiger partial charge in [0, 0.05) is 30.0 Å². The normalized spacial score (nSPS) is 19.2. The van der Waals surface area contributed by atoms with E-state index in [4.69, 9.17) is 4.99 Å². The fourth-order valence-electron chi connectivity index (χ4n) is 2.42. The lowest BCUT2D eigenvalue weighted by molar-refractivity contribution is -0.384. The summed E-state index contributed by atoms with van der Waals surface area (Å²) in [6.45, 7) is 11.7. The number of hydrogen-bond acceptors (Lipinski definition) is 4. The number of aliphatic imine (C=N–C) groups is 1. The average Bonchev–Trinajstić information content (AvgIpc) is 2.68. The van der Waals surface area contributed by atoms with E-state index in [1.165, 1.54) is 6.07 Å². The van der Waals surface area contributed by atoms with E-state index >= 15 is 0 Å². The van der Waals surface area contributed by atoms with Gasteiger partial charge >= 0.3 is 0 Å². The number of nitrogens with zero attached hydrogens (tertiary/aromatic N) is 3. The highest BCUT2D eigenvalue weighted by Gasteiger charge is 2.37. The molecular weight excluding hydrogens is 298 g/mol. The van der Waals surface area contributed by atoms with Gasteiger partial charge in [-0.05, 0) is 38.3 Å². The molecule has 0 N–H and O–H groups in total. The summed E-state index contributed by atoms with van der Waals surface area (Å²) >= 11 is 1.76. The second-order valence-corrected chi connectivity index (χ2v) is 7.67. The Kier molecular flexibility index (Phi) is 4.80. The van der Waals surface area contributed by atoms with Gasteiger partial charge in [0.25, 0.3) is 5.69 Å². The van der Waals surface area contributed by atoms with Gasteiger partial charge < -0.3 is 4.90 Å². The summed E-state index contributed by atoms with van der Waals surface area (Å²) in [4.78, 5) is 17.6. The first-order valence-corrected chi connectivity index (χ1v) is 8.43. The van der Waals surface area contributed by atoms with E-state index < -0.39 is 0 Å². The molecule has 1 aromatic rings. The minimum absolute atomic E-state index is 0.0858. The highest BCUT2D eigenvalue weighted by molar-refractivity contribution is 8.14. The summed E-state index contributed by atoms with van der Waals surface area (Å²) in [6, 6.07) is 4.83. The molecule has 0 amide bonds. The zero-order valence-electron chi connectivity index (χ0n) is 13.8. The molecule has 0 unspecified atom stereocenters. The van der Waals surface area contributed by atoms with Crippen LogP contribution >= 0.6 is 11.8 Å². The number of aryl methyl sites for hydroxylation is 1. The first kappa shape index (κ1) is 16.8. The third kappa shape index (κ3) is 3.61. The van der Waals surface area contributed by atoms with E-state index in [2.05, 4.69) is 32.6 Å². The van der Waals surface area contributed by atoms with Crippen molar-refractivity contribution in [3.63, 3.8) is 0 Å². The number of rotatable bonds is 4. The van der Waals surface area contributed by atoms with Crippen molar-refractivity contribution in [2.75, 3.05) is 12.3 Å². The van der Waals surface area contributed by atoms with Crippen LogP contribution in [0.2, 0.25) is 0 Å². The summed E-state index contributed by atoms with van der Waals surface area (Å²) in [5.41, 5.74) is 1.83. The minimum atomic E-state index is -0.373. The summed E-state index contributed by atoms with van der Waals surface area (Å²) in [7, 11) is 0. The zero-order chi connectivity index (χ0) is 16.5. The van der Waals surface area contributed by atoms with Crippen molar-refractivity contribution in [2.45, 2.75) is 40.2 Å². The molecule has 0 spiro atoms. The molecule has 1 aliphatic rings. The second kappa shape index (κ2) is 6.28. The average molecular weight is 321 g/mol. The molecule has 0 bridgehead atoms. The van der Waals surface area contributed by atoms with E-state index in [0.29, 0.717) is 5.92 Å². The number of nitro groups is 1. The molecule has 120 valence electrons. The van der Waals surface area contributed by atoms with Gasteiger partial charge in [-0.3, -0.25) is 10.1 Å². The summed E-state index contributed by atoms with van der Waals surface area (Å²) in [6.07, 6.45) is 0. The van der Waals surface area contributed by atoms with Crippen LogP contribution in [0.5, 0.6) is 0 Å². The molecule has 0 radical (unpaired) electrons. The molecule has 1 aliphatic heterocycles. The maximum atomic E-state index is 10.8. The van der Waals surface area contributed by atoms with E-state index in [9.17, 15) is 10.1 Å². The fourth-order valence-corrected chi connectivity index (χ4v) is 3.70. The predicted molar refractivity (Wildman–Crippen MR) is 93.0 cm³/mol. The lowest BCUT2D eigenvalue weighted by Gasteiger charge is -2.33. The Labute approximate surface area is 136 Å². The Morgan fingerprint density at radius 1 is 1.45 bits per heavy atom. The summed E-state index contributed by atoms with van der Waals surface area (Å²) in [5.74, 6) is 1.56. The Bertz CT molecular complexity index is 611. The highest BCUT2D eigenvalue weighted by atomic mass is 32.2. The van der Waals surface area contributed by atoms with Crippen molar-refractivity contribution in [2.24, 2.45) is 10.9 Å². The van der Waals surface area contributed by atoms with Crippen LogP contribution in [-0.4, -0.2) is 32.8 Å². The van der Waals surface area contributed by atoms with E-state index in [1.807, 2.05) is 6.92 Å². The monoisotopic (exact) mass is 321 g/mol. The molecule has 0 aliphatic carbocycles. The number of non-ortho nitro benzene ring substituents is 1. The highest BCUT2D eigenvalue weighted by Crippen LogP contribution is 2.35. The standard InChI is InChI=1S/C16H23N3O2S/c1-11(2)9-18-15(22-10-16(18,4)5)17-14-7-6-13(19(20)21)8-12(14)3/h6-8,11H,9-10H2,1-5H3/b17-15-. The number of benzene rings is 1. The molecule has 2 rings (SSSR count). The van der Waals surface area contributed by atoms with Crippen LogP contribution in [0.1, 0.15) is 33.3 Å². The molecule has 22 heavy (non-hydrogen) atoms. The van der Waals surface area contributed by atoms with Crippen molar-refractivity contribution in [1.29, 1.82) is 0 Å². The van der Waals surface area contributed by atoms with Gasteiger partial charge in [0.1, 0.15) is 0 Å². The van der Waals surface area contributed by atoms with Crippen molar-refractivity contribution in [1.82, 2.24) is 4.90 Å². The van der Waals surface area contributed by atoms with Gasteiger partial charge in [-0.1, -0.05) is 25.6 Å². The van der Waals surface area contributed by atoms with Crippen LogP contribution in [0, 0.1) is 23.0 Å². The van der Waals surface area contributed by atoms with E-state index in [1.54, 1.807) is 23.9 Å². The summed E-state index contributed by atoms with van der Waals surface area (Å²) in [5, 5.41) is 11.8. The smallest absolute Gasteiger partial charge is 0.269 e. The largest absolute Gasteiger partial charge is 0.345 e. The number of hydrogen-bond donors (Lipinski definition) is 0. The molecule has 0 saturated carbocycles. The van der Waals surface area contributed by atoms with Gasteiger partial charge in [0.2, 0.25) is 0 Å². The Morgan fingerprint density at radius 2 is 2.14 bits per heavy atom. The van der Waals surface area contributed by atoms with Crippen LogP contribution in [-0.2, 0) is 0 Å². The minimum Gasteiger partial charge on any atom is -0.345 e. The first-order chi connectivity index (χ1) is 10.2. The molecule has 6 heteroatoms. The Morgan fingerprint density at radius 3 is 2.68 bits per heavy atom. The lowest BCUT2D eigenvalue weighted by atomic mass is 10.0. The van der Waals surface area contributed by atoms with Crippen LogP contribution < -0.4 is 0 Å². The van der Waals surface area contributed by atoms with Gasteiger partial charge in [0.05, 0.1) is 10.6 Å². The predicted octanol–water partition coefficient (Wildman–Crippen LogP) is 4.37. The topological polar surface area (TPSA) is 58.7 Å². The molecule has 5 nitrogen and oxygen atoms in total. The number of nitro benzene ring substituents is 1. The van der Waals surface area contributed by atoms with Crippen molar-refractivity contribution in [3.8, 4) is 0 Å². The van der Waals surface area contributed by atoms with Crippen LogP contribution in [0.25, 0.3) is 0 Å². The summed E-state index contributed by atoms with van der Waals surface area (Å²) < 4.78 is 0. The molecule has 1 aromatic carbocycles. The second-order valence-electron chi connectivity index (χ2n) is 6.73. The maximum absolute atomic E-state index is 10.8. The van der Waals surface area contributed by atoms with Gasteiger partial charge in [-0.25, -0.2) is 4.99 Å². The van der Waals surface area contributed by atoms with E-state index in [-0.39, 0.29) is 16.1 Å². The zero-order valence-corrected chi connectivity index (χ0v) is 14.6. The molecule has 1 fully saturated rings. The molecule has 1 heterocycles. The quantitative estimate of drug-likeness (QED) is 0.610. The van der Waals surface area contributed by atoms with Crippen molar-refractivity contribution < 1.29 is 4.92 Å². The van der Waals surface area contributed by atoms with Crippen molar-refractivity contribution in [3.05, 3.63) is 33.9 Å². The van der Waals surface area contributed by atoms with Gasteiger partial charge in [-0.15, -0.1) is 0 Å². The number of thioether (sulfide) groups is 1. The molecular formula is C16H23N3O2S.